The van der Waals surface area contributed by atoms with E-state index in [1.54, 1.807) is 17.3 Å². The standard InChI is InChI=1S/C25H19N/c1-2-8-21-19(6-1)12-13-25-23-9-3-7-20(22(23)14-15-24(21)25)11-10-18-5-4-16-26-17-18/h1,3-7,9,12-13,16-17H,2,8,14-15H2. The van der Waals surface area contributed by atoms with Gasteiger partial charge in [0.15, 0.2) is 0 Å². The Hall–Kier alpha value is -3.11. The van der Waals surface area contributed by atoms with Crippen LogP contribution in [0.5, 0.6) is 0 Å². The second-order valence-electron chi connectivity index (χ2n) is 6.92. The van der Waals surface area contributed by atoms with E-state index in [0.29, 0.717) is 0 Å². The molecule has 0 aliphatic heterocycles. The van der Waals surface area contributed by atoms with E-state index in [-0.39, 0.29) is 0 Å². The average molecular weight is 333 g/mol. The quantitative estimate of drug-likeness (QED) is 0.515. The highest BCUT2D eigenvalue weighted by Gasteiger charge is 2.22. The van der Waals surface area contributed by atoms with Crippen molar-refractivity contribution in [1.82, 2.24) is 4.98 Å². The summed E-state index contributed by atoms with van der Waals surface area (Å²) in [5.41, 5.74) is 10.8. The number of aromatic nitrogens is 1. The molecule has 0 amide bonds. The van der Waals surface area contributed by atoms with Gasteiger partial charge >= 0.3 is 0 Å². The van der Waals surface area contributed by atoms with Crippen LogP contribution in [0, 0.1) is 11.8 Å². The second-order valence-corrected chi connectivity index (χ2v) is 6.92. The molecule has 0 radical (unpaired) electrons. The van der Waals surface area contributed by atoms with Crippen molar-refractivity contribution in [1.29, 1.82) is 0 Å². The summed E-state index contributed by atoms with van der Waals surface area (Å²) in [6, 6.07) is 15.1. The van der Waals surface area contributed by atoms with E-state index in [2.05, 4.69) is 59.3 Å². The molecule has 3 aromatic rings. The van der Waals surface area contributed by atoms with Crippen LogP contribution in [0.3, 0.4) is 0 Å². The van der Waals surface area contributed by atoms with Crippen LogP contribution >= 0.6 is 0 Å². The predicted molar refractivity (Wildman–Crippen MR) is 107 cm³/mol. The van der Waals surface area contributed by atoms with Crippen LogP contribution in [0.15, 0.2) is 60.9 Å². The number of pyridine rings is 1. The molecule has 124 valence electrons. The maximum absolute atomic E-state index is 4.15. The van der Waals surface area contributed by atoms with Crippen molar-refractivity contribution in [2.45, 2.75) is 25.7 Å². The minimum atomic E-state index is 0.960. The number of hydrogen-bond donors (Lipinski definition) is 0. The predicted octanol–water partition coefficient (Wildman–Crippen LogP) is 5.21. The smallest absolute Gasteiger partial charge is 0.0432 e. The molecule has 0 N–H and O–H groups in total. The van der Waals surface area contributed by atoms with Gasteiger partial charge in [0.1, 0.15) is 0 Å². The average Bonchev–Trinajstić information content (AvgIpc) is 2.72. The van der Waals surface area contributed by atoms with E-state index in [9.17, 15) is 0 Å². The summed E-state index contributed by atoms with van der Waals surface area (Å²) in [6.07, 6.45) is 12.7. The van der Waals surface area contributed by atoms with Crippen molar-refractivity contribution in [3.63, 3.8) is 0 Å². The monoisotopic (exact) mass is 333 g/mol. The Morgan fingerprint density at radius 3 is 2.62 bits per heavy atom. The van der Waals surface area contributed by atoms with E-state index < -0.39 is 0 Å². The van der Waals surface area contributed by atoms with Crippen LogP contribution in [-0.2, 0) is 19.3 Å². The van der Waals surface area contributed by atoms with Gasteiger partial charge in [0.05, 0.1) is 0 Å². The molecule has 2 aliphatic rings. The minimum Gasteiger partial charge on any atom is -0.263 e. The van der Waals surface area contributed by atoms with Gasteiger partial charge in [0.25, 0.3) is 0 Å². The fourth-order valence-electron chi connectivity index (χ4n) is 4.19. The highest BCUT2D eigenvalue weighted by Crippen LogP contribution is 2.39. The molecular formula is C25H19N. The zero-order chi connectivity index (χ0) is 17.3. The Kier molecular flexibility index (Phi) is 3.68. The first kappa shape index (κ1) is 15.2. The molecule has 0 saturated heterocycles. The summed E-state index contributed by atoms with van der Waals surface area (Å²) in [6.45, 7) is 0. The summed E-state index contributed by atoms with van der Waals surface area (Å²) < 4.78 is 0. The van der Waals surface area contributed by atoms with Gasteiger partial charge in [-0.2, -0.15) is 0 Å². The third kappa shape index (κ3) is 2.55. The summed E-state index contributed by atoms with van der Waals surface area (Å²) in [7, 11) is 0. The summed E-state index contributed by atoms with van der Waals surface area (Å²) in [5, 5.41) is 0. The zero-order valence-corrected chi connectivity index (χ0v) is 14.6. The van der Waals surface area contributed by atoms with Crippen LogP contribution in [0.1, 0.15) is 39.8 Å². The summed E-state index contributed by atoms with van der Waals surface area (Å²) in [5.74, 6) is 6.64. The number of allylic oxidation sites excluding steroid dienone is 1. The lowest BCUT2D eigenvalue weighted by molar-refractivity contribution is 0.885. The van der Waals surface area contributed by atoms with Crippen LogP contribution in [0.2, 0.25) is 0 Å². The van der Waals surface area contributed by atoms with Gasteiger partial charge in [-0.3, -0.25) is 4.98 Å². The molecule has 0 unspecified atom stereocenters. The Morgan fingerprint density at radius 1 is 0.769 bits per heavy atom. The van der Waals surface area contributed by atoms with Gasteiger partial charge in [-0.15, -0.1) is 0 Å². The summed E-state index contributed by atoms with van der Waals surface area (Å²) >= 11 is 0. The van der Waals surface area contributed by atoms with E-state index in [1.807, 2.05) is 18.3 Å². The van der Waals surface area contributed by atoms with E-state index in [0.717, 1.165) is 30.4 Å². The topological polar surface area (TPSA) is 12.9 Å². The molecule has 1 heteroatoms. The highest BCUT2D eigenvalue weighted by atomic mass is 14.6. The Morgan fingerprint density at radius 2 is 1.69 bits per heavy atom. The molecule has 1 nitrogen and oxygen atoms in total. The maximum Gasteiger partial charge on any atom is 0.0432 e. The number of fused-ring (bicyclic) bond motifs is 5. The van der Waals surface area contributed by atoms with Crippen molar-refractivity contribution in [3.8, 4) is 23.0 Å². The van der Waals surface area contributed by atoms with Gasteiger partial charge in [0.2, 0.25) is 0 Å². The van der Waals surface area contributed by atoms with Gasteiger partial charge in [0, 0.05) is 23.5 Å². The molecule has 0 atom stereocenters. The van der Waals surface area contributed by atoms with Crippen LogP contribution in [-0.4, -0.2) is 4.98 Å². The van der Waals surface area contributed by atoms with E-state index in [1.165, 1.54) is 28.7 Å². The molecule has 26 heavy (non-hydrogen) atoms. The number of nitrogens with zero attached hydrogens (tertiary/aromatic N) is 1. The maximum atomic E-state index is 4.15. The lowest BCUT2D eigenvalue weighted by Crippen LogP contribution is -2.11. The first-order chi connectivity index (χ1) is 12.9. The largest absolute Gasteiger partial charge is 0.263 e. The van der Waals surface area contributed by atoms with Gasteiger partial charge < -0.3 is 0 Å². The molecule has 2 aromatic carbocycles. The number of benzene rings is 2. The van der Waals surface area contributed by atoms with Gasteiger partial charge in [-0.05, 0) is 77.3 Å². The van der Waals surface area contributed by atoms with Crippen LogP contribution in [0.4, 0.5) is 0 Å². The first-order valence-corrected chi connectivity index (χ1v) is 9.26. The lowest BCUT2D eigenvalue weighted by atomic mass is 9.78. The van der Waals surface area contributed by atoms with Crippen molar-refractivity contribution in [2.75, 3.05) is 0 Å². The van der Waals surface area contributed by atoms with Crippen LogP contribution in [0.25, 0.3) is 17.2 Å². The molecule has 1 aromatic heterocycles. The fraction of sp³-hybridized carbons (Fsp3) is 0.160. The number of rotatable bonds is 0. The third-order valence-electron chi connectivity index (χ3n) is 5.42. The molecule has 0 bridgehead atoms. The Balaban J connectivity index is 1.62. The molecule has 1 heterocycles. The normalized spacial score (nSPS) is 13.8. The van der Waals surface area contributed by atoms with Crippen molar-refractivity contribution in [3.05, 3.63) is 94.3 Å². The van der Waals surface area contributed by atoms with Crippen molar-refractivity contribution in [2.24, 2.45) is 0 Å². The second kappa shape index (κ2) is 6.32. The van der Waals surface area contributed by atoms with Gasteiger partial charge in [-0.25, -0.2) is 0 Å². The molecule has 0 fully saturated rings. The molecule has 5 rings (SSSR count). The van der Waals surface area contributed by atoms with Gasteiger partial charge in [-0.1, -0.05) is 48.3 Å². The minimum absolute atomic E-state index is 0.960. The molecule has 0 saturated carbocycles. The highest BCUT2D eigenvalue weighted by molar-refractivity contribution is 5.79. The van der Waals surface area contributed by atoms with E-state index in [4.69, 9.17) is 0 Å². The number of hydrogen-bond acceptors (Lipinski definition) is 1. The fourth-order valence-corrected chi connectivity index (χ4v) is 4.19. The SMILES string of the molecule is C(#Cc1cccc2c1CCc1c-2ccc2c1CCC=C2)c1cccnc1. The lowest BCUT2D eigenvalue weighted by Gasteiger charge is -2.26. The Bertz CT molecular complexity index is 1080. The summed E-state index contributed by atoms with van der Waals surface area (Å²) in [4.78, 5) is 4.15. The third-order valence-corrected chi connectivity index (χ3v) is 5.42. The molecule has 0 spiro atoms. The zero-order valence-electron chi connectivity index (χ0n) is 14.6. The van der Waals surface area contributed by atoms with Crippen LogP contribution < -0.4 is 0 Å². The molecule has 2 aliphatic carbocycles. The van der Waals surface area contributed by atoms with Crippen molar-refractivity contribution >= 4 is 6.08 Å². The Labute approximate surface area is 154 Å². The molecular weight excluding hydrogens is 314 g/mol. The first-order valence-electron chi connectivity index (χ1n) is 9.26. The van der Waals surface area contributed by atoms with E-state index >= 15 is 0 Å². The van der Waals surface area contributed by atoms with Crippen molar-refractivity contribution < 1.29 is 0 Å².